The number of aromatic nitrogens is 2. The molecule has 6 nitrogen and oxygen atoms in total. The monoisotopic (exact) mass is 337 g/mol. The number of nitrogens with one attached hydrogen (secondary N) is 1. The fraction of sp³-hybridized carbons (Fsp3) is 0.308. The third-order valence-corrected chi connectivity index (χ3v) is 4.05. The Hall–Kier alpha value is -1.89. The van der Waals surface area contributed by atoms with Crippen LogP contribution in [-0.2, 0) is 4.79 Å². The molecule has 1 aliphatic heterocycles. The van der Waals surface area contributed by atoms with Gasteiger partial charge in [0.2, 0.25) is 0 Å². The molecule has 0 radical (unpaired) electrons. The number of aliphatic carboxylic acids is 1. The van der Waals surface area contributed by atoms with Crippen molar-refractivity contribution in [3.8, 4) is 0 Å². The summed E-state index contributed by atoms with van der Waals surface area (Å²) in [6, 6.07) is 5.54. The minimum absolute atomic E-state index is 0.224. The zero-order valence-electron chi connectivity index (χ0n) is 10.5. The minimum atomic E-state index is -0.852. The van der Waals surface area contributed by atoms with E-state index >= 15 is 0 Å². The number of hydrogen-bond acceptors (Lipinski definition) is 3. The van der Waals surface area contributed by atoms with Crippen molar-refractivity contribution in [1.82, 2.24) is 15.1 Å². The number of carbonyl (C=O) groups is 2. The minimum Gasteiger partial charge on any atom is -0.481 e. The summed E-state index contributed by atoms with van der Waals surface area (Å²) in [5, 5.41) is 16.6. The highest BCUT2D eigenvalue weighted by molar-refractivity contribution is 9.10. The number of carbonyl (C=O) groups excluding carboxylic acids is 1. The van der Waals surface area contributed by atoms with Crippen molar-refractivity contribution in [3.63, 3.8) is 0 Å². The number of halogens is 1. The Morgan fingerprint density at radius 2 is 2.25 bits per heavy atom. The van der Waals surface area contributed by atoms with Crippen LogP contribution in [0.15, 0.2) is 22.7 Å². The molecule has 2 aromatic rings. The first-order chi connectivity index (χ1) is 9.56. The molecule has 1 aromatic carbocycles. The number of aromatic amines is 1. The molecule has 1 amide bonds. The van der Waals surface area contributed by atoms with Gasteiger partial charge in [-0.2, -0.15) is 5.10 Å². The average molecular weight is 338 g/mol. The summed E-state index contributed by atoms with van der Waals surface area (Å²) in [7, 11) is 0. The maximum atomic E-state index is 12.4. The molecule has 2 N–H and O–H groups in total. The van der Waals surface area contributed by atoms with E-state index in [-0.39, 0.29) is 12.5 Å². The molecule has 1 aromatic heterocycles. The Morgan fingerprint density at radius 3 is 2.95 bits per heavy atom. The molecule has 0 bridgehead atoms. The number of carboxylic acid groups (broad SMARTS) is 1. The Kier molecular flexibility index (Phi) is 3.21. The number of fused-ring (bicyclic) bond motifs is 1. The average Bonchev–Trinajstić information content (AvgIpc) is 3.04. The predicted octanol–water partition coefficient (Wildman–Crippen LogP) is 1.87. The second-order valence-electron chi connectivity index (χ2n) is 4.84. The van der Waals surface area contributed by atoms with Crippen LogP contribution >= 0.6 is 15.9 Å². The lowest BCUT2D eigenvalue weighted by Gasteiger charge is -2.14. The smallest absolute Gasteiger partial charge is 0.308 e. The highest BCUT2D eigenvalue weighted by Gasteiger charge is 2.32. The molecule has 0 saturated carbocycles. The van der Waals surface area contributed by atoms with Crippen molar-refractivity contribution >= 4 is 38.7 Å². The van der Waals surface area contributed by atoms with E-state index in [4.69, 9.17) is 5.11 Å². The van der Waals surface area contributed by atoms with Crippen LogP contribution in [0.4, 0.5) is 0 Å². The van der Waals surface area contributed by atoms with Gasteiger partial charge in [0.05, 0.1) is 11.4 Å². The first-order valence-electron chi connectivity index (χ1n) is 6.22. The zero-order chi connectivity index (χ0) is 14.3. The van der Waals surface area contributed by atoms with Crippen LogP contribution in [0.25, 0.3) is 10.9 Å². The van der Waals surface area contributed by atoms with Crippen LogP contribution < -0.4 is 0 Å². The van der Waals surface area contributed by atoms with Gasteiger partial charge in [-0.15, -0.1) is 0 Å². The highest BCUT2D eigenvalue weighted by atomic mass is 79.9. The van der Waals surface area contributed by atoms with E-state index in [1.54, 1.807) is 4.90 Å². The molecular formula is C13H12BrN3O3. The van der Waals surface area contributed by atoms with Crippen molar-refractivity contribution < 1.29 is 14.7 Å². The molecule has 20 heavy (non-hydrogen) atoms. The third kappa shape index (κ3) is 2.18. The van der Waals surface area contributed by atoms with E-state index in [0.717, 1.165) is 15.4 Å². The van der Waals surface area contributed by atoms with Gasteiger partial charge >= 0.3 is 5.97 Å². The molecule has 2 heterocycles. The molecule has 1 aliphatic rings. The van der Waals surface area contributed by atoms with Crippen LogP contribution in [0.1, 0.15) is 16.9 Å². The molecule has 104 valence electrons. The van der Waals surface area contributed by atoms with Gasteiger partial charge in [-0.3, -0.25) is 14.7 Å². The van der Waals surface area contributed by atoms with Gasteiger partial charge < -0.3 is 10.0 Å². The maximum absolute atomic E-state index is 12.4. The van der Waals surface area contributed by atoms with Gasteiger partial charge in [0, 0.05) is 22.9 Å². The zero-order valence-corrected chi connectivity index (χ0v) is 12.1. The molecule has 3 rings (SSSR count). The Morgan fingerprint density at radius 1 is 1.45 bits per heavy atom. The summed E-state index contributed by atoms with van der Waals surface area (Å²) in [5.41, 5.74) is 1.12. The number of H-pyrrole nitrogens is 1. The first-order valence-corrected chi connectivity index (χ1v) is 7.01. The van der Waals surface area contributed by atoms with Gasteiger partial charge in [0.1, 0.15) is 0 Å². The van der Waals surface area contributed by atoms with Crippen LogP contribution in [-0.4, -0.2) is 45.2 Å². The highest BCUT2D eigenvalue weighted by Crippen LogP contribution is 2.24. The van der Waals surface area contributed by atoms with Crippen molar-refractivity contribution in [2.45, 2.75) is 6.42 Å². The van der Waals surface area contributed by atoms with Crippen molar-refractivity contribution in [3.05, 3.63) is 28.4 Å². The predicted molar refractivity (Wildman–Crippen MR) is 75.4 cm³/mol. The van der Waals surface area contributed by atoms with Crippen LogP contribution in [0.5, 0.6) is 0 Å². The molecule has 7 heteroatoms. The van der Waals surface area contributed by atoms with Gasteiger partial charge in [-0.25, -0.2) is 0 Å². The normalized spacial score (nSPS) is 18.6. The summed E-state index contributed by atoms with van der Waals surface area (Å²) in [6.45, 7) is 0.703. The number of rotatable bonds is 2. The van der Waals surface area contributed by atoms with Crippen molar-refractivity contribution in [2.24, 2.45) is 5.92 Å². The number of amides is 1. The van der Waals surface area contributed by atoms with E-state index in [1.807, 2.05) is 18.2 Å². The summed E-state index contributed by atoms with van der Waals surface area (Å²) in [4.78, 5) is 24.9. The topological polar surface area (TPSA) is 86.3 Å². The summed E-state index contributed by atoms with van der Waals surface area (Å²) < 4.78 is 0.866. The molecule has 0 spiro atoms. The Balaban J connectivity index is 1.90. The summed E-state index contributed by atoms with van der Waals surface area (Å²) in [6.07, 6.45) is 0.493. The largest absolute Gasteiger partial charge is 0.481 e. The van der Waals surface area contributed by atoms with Gasteiger partial charge in [-0.05, 0) is 24.6 Å². The summed E-state index contributed by atoms with van der Waals surface area (Å²) >= 11 is 3.37. The Bertz CT molecular complexity index is 697. The molecule has 0 aliphatic carbocycles. The van der Waals surface area contributed by atoms with Crippen molar-refractivity contribution in [1.29, 1.82) is 0 Å². The summed E-state index contributed by atoms with van der Waals surface area (Å²) in [5.74, 6) is -1.55. The van der Waals surface area contributed by atoms with Crippen LogP contribution in [0.2, 0.25) is 0 Å². The molecule has 1 unspecified atom stereocenters. The Labute approximate surface area is 122 Å². The number of carboxylic acids is 1. The van der Waals surface area contributed by atoms with Gasteiger partial charge in [-0.1, -0.05) is 15.9 Å². The number of nitrogens with zero attached hydrogens (tertiary/aromatic N) is 2. The standard InChI is InChI=1S/C13H12BrN3O3/c14-8-1-2-10-9(5-8)11(16-15-10)12(18)17-4-3-7(6-17)13(19)20/h1-2,5,7H,3-4,6H2,(H,15,16)(H,19,20). The number of benzene rings is 1. The van der Waals surface area contributed by atoms with Gasteiger partial charge in [0.25, 0.3) is 5.91 Å². The molecular weight excluding hydrogens is 326 g/mol. The lowest BCUT2D eigenvalue weighted by atomic mass is 10.1. The molecule has 1 fully saturated rings. The van der Waals surface area contributed by atoms with Gasteiger partial charge in [0.15, 0.2) is 5.69 Å². The molecule has 1 atom stereocenters. The fourth-order valence-electron chi connectivity index (χ4n) is 2.45. The lowest BCUT2D eigenvalue weighted by molar-refractivity contribution is -0.141. The first kappa shape index (κ1) is 13.1. The number of hydrogen-bond donors (Lipinski definition) is 2. The van der Waals surface area contributed by atoms with Crippen molar-refractivity contribution in [2.75, 3.05) is 13.1 Å². The van der Waals surface area contributed by atoms with E-state index in [1.165, 1.54) is 0 Å². The fourth-order valence-corrected chi connectivity index (χ4v) is 2.81. The van der Waals surface area contributed by atoms with E-state index in [0.29, 0.717) is 18.7 Å². The SMILES string of the molecule is O=C(O)C1CCN(C(=O)c2n[nH]c3ccc(Br)cc23)C1. The lowest BCUT2D eigenvalue weighted by Crippen LogP contribution is -2.30. The number of likely N-dealkylation sites (tertiary alicyclic amines) is 1. The van der Waals surface area contributed by atoms with E-state index in [9.17, 15) is 9.59 Å². The van der Waals surface area contributed by atoms with Crippen LogP contribution in [0, 0.1) is 5.92 Å². The van der Waals surface area contributed by atoms with E-state index < -0.39 is 11.9 Å². The second kappa shape index (κ2) is 4.90. The second-order valence-corrected chi connectivity index (χ2v) is 5.75. The van der Waals surface area contributed by atoms with Crippen LogP contribution in [0.3, 0.4) is 0 Å². The maximum Gasteiger partial charge on any atom is 0.308 e. The third-order valence-electron chi connectivity index (χ3n) is 3.55. The quantitative estimate of drug-likeness (QED) is 0.875. The molecule has 1 saturated heterocycles. The van der Waals surface area contributed by atoms with E-state index in [2.05, 4.69) is 26.1 Å².